The van der Waals surface area contributed by atoms with Crippen LogP contribution >= 0.6 is 0 Å². The first-order valence-electron chi connectivity index (χ1n) is 18.3. The molecular weight excluding hydrogens is 641 g/mol. The molecule has 0 unspecified atom stereocenters. The van der Waals surface area contributed by atoms with Crippen LogP contribution in [-0.2, 0) is 5.41 Å². The topological polar surface area (TPSA) is 25.8 Å². The van der Waals surface area contributed by atoms with E-state index in [9.17, 15) is 0 Å². The van der Waals surface area contributed by atoms with Crippen molar-refractivity contribution in [3.05, 3.63) is 216 Å². The van der Waals surface area contributed by atoms with Crippen LogP contribution in [0.15, 0.2) is 194 Å². The summed E-state index contributed by atoms with van der Waals surface area (Å²) < 4.78 is 0. The molecule has 246 valence electrons. The number of aromatic nitrogens is 2. The van der Waals surface area contributed by atoms with Crippen molar-refractivity contribution in [1.29, 1.82) is 0 Å². The van der Waals surface area contributed by atoms with Gasteiger partial charge in [-0.2, -0.15) is 0 Å². The third-order valence-corrected chi connectivity index (χ3v) is 11.3. The molecule has 1 heterocycles. The lowest BCUT2D eigenvalue weighted by molar-refractivity contribution is 0.794. The highest BCUT2D eigenvalue weighted by Crippen LogP contribution is 2.63. The molecule has 9 aromatic rings. The minimum Gasteiger partial charge on any atom is -0.228 e. The summed E-state index contributed by atoms with van der Waals surface area (Å²) in [7, 11) is 0. The molecule has 2 aliphatic rings. The van der Waals surface area contributed by atoms with Gasteiger partial charge < -0.3 is 0 Å². The Balaban J connectivity index is 1.15. The molecule has 2 heteroatoms. The monoisotopic (exact) mass is 672 g/mol. The predicted molar refractivity (Wildman–Crippen MR) is 218 cm³/mol. The van der Waals surface area contributed by atoms with E-state index in [1.807, 2.05) is 6.07 Å². The second kappa shape index (κ2) is 11.6. The lowest BCUT2D eigenvalue weighted by Gasteiger charge is -2.30. The first-order chi connectivity index (χ1) is 26.3. The molecule has 0 aliphatic heterocycles. The zero-order chi connectivity index (χ0) is 34.9. The fourth-order valence-corrected chi connectivity index (χ4v) is 9.11. The zero-order valence-electron chi connectivity index (χ0n) is 28.9. The lowest BCUT2D eigenvalue weighted by atomic mass is 9.70. The number of hydrogen-bond donors (Lipinski definition) is 0. The van der Waals surface area contributed by atoms with Crippen LogP contribution in [0.2, 0.25) is 0 Å². The Morgan fingerprint density at radius 3 is 1.47 bits per heavy atom. The minimum atomic E-state index is -0.402. The van der Waals surface area contributed by atoms with Crippen LogP contribution in [0.3, 0.4) is 0 Å². The number of rotatable bonds is 4. The molecule has 11 rings (SSSR count). The highest BCUT2D eigenvalue weighted by atomic mass is 14.9. The van der Waals surface area contributed by atoms with E-state index < -0.39 is 5.41 Å². The van der Waals surface area contributed by atoms with Gasteiger partial charge >= 0.3 is 0 Å². The van der Waals surface area contributed by atoms with Gasteiger partial charge in [-0.15, -0.1) is 0 Å². The Bertz CT molecular complexity index is 2840. The third kappa shape index (κ3) is 4.33. The maximum Gasteiger partial charge on any atom is 0.160 e. The van der Waals surface area contributed by atoms with Crippen LogP contribution in [0.4, 0.5) is 0 Å². The number of benzene rings is 8. The minimum absolute atomic E-state index is 0.402. The van der Waals surface area contributed by atoms with Crippen LogP contribution < -0.4 is 0 Å². The molecule has 2 nitrogen and oxygen atoms in total. The van der Waals surface area contributed by atoms with E-state index in [4.69, 9.17) is 9.97 Å². The van der Waals surface area contributed by atoms with Crippen LogP contribution in [0.5, 0.6) is 0 Å². The second-order valence-corrected chi connectivity index (χ2v) is 14.0. The van der Waals surface area contributed by atoms with Gasteiger partial charge in [-0.05, 0) is 78.5 Å². The molecule has 0 saturated carbocycles. The van der Waals surface area contributed by atoms with Crippen molar-refractivity contribution < 1.29 is 0 Å². The molecular formula is C51H32N2. The molecule has 53 heavy (non-hydrogen) atoms. The van der Waals surface area contributed by atoms with Crippen molar-refractivity contribution in [3.8, 4) is 67.3 Å². The summed E-state index contributed by atoms with van der Waals surface area (Å²) in [6.45, 7) is 0. The van der Waals surface area contributed by atoms with Crippen molar-refractivity contribution in [2.24, 2.45) is 0 Å². The molecule has 0 radical (unpaired) electrons. The van der Waals surface area contributed by atoms with Gasteiger partial charge in [0.2, 0.25) is 0 Å². The highest BCUT2D eigenvalue weighted by Gasteiger charge is 2.51. The first kappa shape index (κ1) is 29.8. The van der Waals surface area contributed by atoms with Crippen molar-refractivity contribution in [2.75, 3.05) is 0 Å². The quantitative estimate of drug-likeness (QED) is 0.186. The Labute approximate surface area is 308 Å². The van der Waals surface area contributed by atoms with Gasteiger partial charge in [0.05, 0.1) is 16.8 Å². The van der Waals surface area contributed by atoms with Gasteiger partial charge in [0.25, 0.3) is 0 Å². The molecule has 0 fully saturated rings. The summed E-state index contributed by atoms with van der Waals surface area (Å²) >= 11 is 0. The molecule has 1 spiro atoms. The van der Waals surface area contributed by atoms with Crippen LogP contribution in [0.1, 0.15) is 22.3 Å². The first-order valence-corrected chi connectivity index (χ1v) is 18.3. The molecule has 0 saturated heterocycles. The van der Waals surface area contributed by atoms with E-state index in [0.29, 0.717) is 5.82 Å². The van der Waals surface area contributed by atoms with E-state index in [2.05, 4.69) is 188 Å². The number of hydrogen-bond acceptors (Lipinski definition) is 2. The normalized spacial score (nSPS) is 13.1. The average Bonchev–Trinajstić information content (AvgIpc) is 3.71. The fraction of sp³-hybridized carbons (Fsp3) is 0.0196. The van der Waals surface area contributed by atoms with Crippen LogP contribution in [-0.4, -0.2) is 9.97 Å². The Hall–Kier alpha value is -6.90. The van der Waals surface area contributed by atoms with E-state index in [0.717, 1.165) is 33.6 Å². The van der Waals surface area contributed by atoms with Crippen molar-refractivity contribution in [1.82, 2.24) is 9.97 Å². The van der Waals surface area contributed by atoms with Crippen LogP contribution in [0, 0.1) is 0 Å². The number of fused-ring (bicyclic) bond motifs is 11. The molecule has 1 aromatic heterocycles. The van der Waals surface area contributed by atoms with Gasteiger partial charge in [0, 0.05) is 16.7 Å². The van der Waals surface area contributed by atoms with Gasteiger partial charge in [0.15, 0.2) is 5.82 Å². The molecule has 0 N–H and O–H groups in total. The molecule has 2 aliphatic carbocycles. The molecule has 0 bridgehead atoms. The standard InChI is InChI=1S/C51H32N2/c1-2-16-34(17-3-1)50-52-48(32-49(53-50)43-25-14-18-33-15-4-5-19-36(33)43)42-24-7-6-20-37(42)35-29-30-41-40-23-10-13-28-46(40)51(47(41)31-35)44-26-11-8-21-38(44)39-22-9-12-27-45(39)51/h1-32H. The second-order valence-electron chi connectivity index (χ2n) is 14.0. The van der Waals surface area contributed by atoms with Gasteiger partial charge in [-0.1, -0.05) is 182 Å². The Morgan fingerprint density at radius 2 is 0.792 bits per heavy atom. The SMILES string of the molecule is c1ccc(-c2nc(-c3ccccc3-c3ccc4c(c3)C3(c5ccccc5-c5ccccc53)c3ccccc3-4)cc(-c3cccc4ccccc34)n2)cc1. The van der Waals surface area contributed by atoms with Gasteiger partial charge in [-0.25, -0.2) is 9.97 Å². The Morgan fingerprint density at radius 1 is 0.302 bits per heavy atom. The van der Waals surface area contributed by atoms with Gasteiger partial charge in [0.1, 0.15) is 0 Å². The maximum atomic E-state index is 5.29. The van der Waals surface area contributed by atoms with E-state index in [-0.39, 0.29) is 0 Å². The smallest absolute Gasteiger partial charge is 0.160 e. The van der Waals surface area contributed by atoms with Crippen molar-refractivity contribution in [2.45, 2.75) is 5.41 Å². The van der Waals surface area contributed by atoms with Crippen LogP contribution in [0.25, 0.3) is 78.1 Å². The fourth-order valence-electron chi connectivity index (χ4n) is 9.11. The van der Waals surface area contributed by atoms with Crippen molar-refractivity contribution in [3.63, 3.8) is 0 Å². The van der Waals surface area contributed by atoms with Crippen molar-refractivity contribution >= 4 is 10.8 Å². The van der Waals surface area contributed by atoms with E-state index in [1.165, 1.54) is 60.8 Å². The number of nitrogens with zero attached hydrogens (tertiary/aromatic N) is 2. The summed E-state index contributed by atoms with van der Waals surface area (Å²) in [6, 6.07) is 70.2. The summed E-state index contributed by atoms with van der Waals surface area (Å²) in [6.07, 6.45) is 0. The van der Waals surface area contributed by atoms with E-state index >= 15 is 0 Å². The molecule has 8 aromatic carbocycles. The van der Waals surface area contributed by atoms with E-state index in [1.54, 1.807) is 0 Å². The zero-order valence-corrected chi connectivity index (χ0v) is 28.9. The lowest BCUT2D eigenvalue weighted by Crippen LogP contribution is -2.25. The largest absolute Gasteiger partial charge is 0.228 e. The average molecular weight is 673 g/mol. The predicted octanol–water partition coefficient (Wildman–Crippen LogP) is 12.6. The summed E-state index contributed by atoms with van der Waals surface area (Å²) in [5.41, 5.74) is 17.5. The summed E-state index contributed by atoms with van der Waals surface area (Å²) in [4.78, 5) is 10.5. The molecule has 0 amide bonds. The summed E-state index contributed by atoms with van der Waals surface area (Å²) in [5.74, 6) is 0.711. The highest BCUT2D eigenvalue weighted by molar-refractivity contribution is 5.98. The third-order valence-electron chi connectivity index (χ3n) is 11.3. The summed E-state index contributed by atoms with van der Waals surface area (Å²) in [5, 5.41) is 2.36. The molecule has 0 atom stereocenters. The Kier molecular flexibility index (Phi) is 6.50. The maximum absolute atomic E-state index is 5.29. The van der Waals surface area contributed by atoms with Gasteiger partial charge in [-0.3, -0.25) is 0 Å².